The fourth-order valence-corrected chi connectivity index (χ4v) is 4.94. The molecule has 194 valence electrons. The third-order valence-electron chi connectivity index (χ3n) is 5.36. The minimum absolute atomic E-state index is 0.307. The summed E-state index contributed by atoms with van der Waals surface area (Å²) in [5, 5.41) is 5.19. The number of para-hydroxylation sites is 2. The number of carbonyl (C=O) groups is 2. The maximum absolute atomic E-state index is 12.9. The molecule has 1 N–H and O–H groups in total. The van der Waals surface area contributed by atoms with Gasteiger partial charge in [-0.25, -0.2) is 10.2 Å². The van der Waals surface area contributed by atoms with Crippen LogP contribution in [0.4, 0.5) is 0 Å². The molecule has 1 amide bonds. The lowest BCUT2D eigenvalue weighted by Gasteiger charge is -2.18. The monoisotopic (exact) mass is 556 g/mol. The van der Waals surface area contributed by atoms with Gasteiger partial charge in [-0.05, 0) is 48.0 Å². The number of nitrogens with zero attached hydrogens (tertiary/aromatic N) is 1. The van der Waals surface area contributed by atoms with Crippen molar-refractivity contribution >= 4 is 51.1 Å². The van der Waals surface area contributed by atoms with Crippen LogP contribution in [-0.2, 0) is 4.79 Å². The Kier molecular flexibility index (Phi) is 8.16. The highest BCUT2D eigenvalue weighted by atomic mass is 35.5. The molecule has 0 radical (unpaired) electrons. The SMILES string of the molecule is O=C(Oc1cccc(/C=N/NC(=O)C(Oc2ccccc2)Oc2ccccc2)c1)c1sc2ccccc2c1Cl. The Morgan fingerprint density at radius 2 is 1.41 bits per heavy atom. The first-order chi connectivity index (χ1) is 19.1. The van der Waals surface area contributed by atoms with Crippen molar-refractivity contribution in [2.45, 2.75) is 6.29 Å². The van der Waals surface area contributed by atoms with Crippen LogP contribution in [0.5, 0.6) is 17.2 Å². The Balaban J connectivity index is 1.25. The summed E-state index contributed by atoms with van der Waals surface area (Å²) in [6.07, 6.45) is 0.134. The van der Waals surface area contributed by atoms with E-state index in [9.17, 15) is 9.59 Å². The lowest BCUT2D eigenvalue weighted by atomic mass is 10.2. The predicted octanol–water partition coefficient (Wildman–Crippen LogP) is 6.71. The van der Waals surface area contributed by atoms with Crippen LogP contribution < -0.4 is 19.6 Å². The van der Waals surface area contributed by atoms with Crippen LogP contribution in [0.3, 0.4) is 0 Å². The van der Waals surface area contributed by atoms with Crippen molar-refractivity contribution < 1.29 is 23.8 Å². The molecule has 0 saturated heterocycles. The molecule has 1 aromatic heterocycles. The molecule has 0 aliphatic carbocycles. The normalized spacial score (nSPS) is 11.0. The van der Waals surface area contributed by atoms with E-state index < -0.39 is 18.2 Å². The average molecular weight is 557 g/mol. The van der Waals surface area contributed by atoms with Crippen molar-refractivity contribution in [3.63, 3.8) is 0 Å². The van der Waals surface area contributed by atoms with Gasteiger partial charge in [0.05, 0.1) is 11.2 Å². The molecule has 1 heterocycles. The van der Waals surface area contributed by atoms with Crippen molar-refractivity contribution in [3.05, 3.63) is 125 Å². The molecule has 39 heavy (non-hydrogen) atoms. The number of halogens is 1. The maximum atomic E-state index is 12.9. The molecule has 0 saturated carbocycles. The molecule has 0 aliphatic heterocycles. The van der Waals surface area contributed by atoms with Gasteiger partial charge in [-0.3, -0.25) is 4.79 Å². The second kappa shape index (κ2) is 12.3. The van der Waals surface area contributed by atoms with Crippen LogP contribution in [-0.4, -0.2) is 24.4 Å². The Morgan fingerprint density at radius 3 is 2.08 bits per heavy atom. The number of hydrazone groups is 1. The minimum Gasteiger partial charge on any atom is -0.446 e. The van der Waals surface area contributed by atoms with Gasteiger partial charge in [0.25, 0.3) is 0 Å². The quantitative estimate of drug-likeness (QED) is 0.0717. The van der Waals surface area contributed by atoms with E-state index >= 15 is 0 Å². The first kappa shape index (κ1) is 26.0. The largest absolute Gasteiger partial charge is 0.446 e. The molecule has 9 heteroatoms. The van der Waals surface area contributed by atoms with Crippen molar-refractivity contribution in [2.75, 3.05) is 0 Å². The molecule has 5 aromatic rings. The van der Waals surface area contributed by atoms with Gasteiger partial charge >= 0.3 is 18.2 Å². The first-order valence-electron chi connectivity index (χ1n) is 11.8. The summed E-state index contributed by atoms with van der Waals surface area (Å²) >= 11 is 7.68. The minimum atomic E-state index is -1.29. The molecule has 0 atom stereocenters. The maximum Gasteiger partial charge on any atom is 0.355 e. The summed E-state index contributed by atoms with van der Waals surface area (Å²) in [4.78, 5) is 26.0. The Labute approximate surface area is 233 Å². The van der Waals surface area contributed by atoms with Crippen LogP contribution >= 0.6 is 22.9 Å². The van der Waals surface area contributed by atoms with Gasteiger partial charge in [0.2, 0.25) is 0 Å². The van der Waals surface area contributed by atoms with Crippen LogP contribution in [0.15, 0.2) is 114 Å². The number of ether oxygens (including phenoxy) is 3. The molecule has 5 rings (SSSR count). The second-order valence-electron chi connectivity index (χ2n) is 8.13. The highest BCUT2D eigenvalue weighted by Crippen LogP contribution is 2.35. The smallest absolute Gasteiger partial charge is 0.355 e. The van der Waals surface area contributed by atoms with Crippen molar-refractivity contribution in [1.82, 2.24) is 5.43 Å². The van der Waals surface area contributed by atoms with Crippen molar-refractivity contribution in [1.29, 1.82) is 0 Å². The zero-order chi connectivity index (χ0) is 27.0. The number of hydrogen-bond acceptors (Lipinski definition) is 7. The van der Waals surface area contributed by atoms with Gasteiger partial charge in [-0.2, -0.15) is 5.10 Å². The number of rotatable bonds is 9. The number of benzene rings is 4. The molecular formula is C30H21ClN2O5S. The fourth-order valence-electron chi connectivity index (χ4n) is 3.56. The molecule has 0 aliphatic rings. The Morgan fingerprint density at radius 1 is 0.795 bits per heavy atom. The third-order valence-corrected chi connectivity index (χ3v) is 7.02. The number of thiophene rings is 1. The van der Waals surface area contributed by atoms with Gasteiger partial charge in [0.1, 0.15) is 22.1 Å². The van der Waals surface area contributed by atoms with Crippen molar-refractivity contribution in [3.8, 4) is 17.2 Å². The van der Waals surface area contributed by atoms with Gasteiger partial charge in [0.15, 0.2) is 0 Å². The van der Waals surface area contributed by atoms with Crippen LogP contribution in [0.25, 0.3) is 10.1 Å². The number of hydrogen-bond donors (Lipinski definition) is 1. The topological polar surface area (TPSA) is 86.2 Å². The summed E-state index contributed by atoms with van der Waals surface area (Å²) in [7, 11) is 0. The van der Waals surface area contributed by atoms with E-state index in [1.165, 1.54) is 17.6 Å². The highest BCUT2D eigenvalue weighted by molar-refractivity contribution is 7.21. The van der Waals surface area contributed by atoms with E-state index in [0.29, 0.717) is 32.7 Å². The summed E-state index contributed by atoms with van der Waals surface area (Å²) in [6, 6.07) is 31.9. The zero-order valence-corrected chi connectivity index (χ0v) is 21.9. The Bertz CT molecular complexity index is 1580. The first-order valence-corrected chi connectivity index (χ1v) is 13.0. The molecule has 4 aromatic carbocycles. The molecule has 0 spiro atoms. The van der Waals surface area contributed by atoms with E-state index in [4.69, 9.17) is 25.8 Å². The molecule has 0 bridgehead atoms. The van der Waals surface area contributed by atoms with Crippen LogP contribution in [0.2, 0.25) is 5.02 Å². The van der Waals surface area contributed by atoms with Crippen molar-refractivity contribution in [2.24, 2.45) is 5.10 Å². The van der Waals surface area contributed by atoms with E-state index in [1.807, 2.05) is 36.4 Å². The highest BCUT2D eigenvalue weighted by Gasteiger charge is 2.23. The fraction of sp³-hybridized carbons (Fsp3) is 0.0333. The molecular weight excluding hydrogens is 536 g/mol. The lowest BCUT2D eigenvalue weighted by Crippen LogP contribution is -2.40. The second-order valence-corrected chi connectivity index (χ2v) is 9.56. The zero-order valence-electron chi connectivity index (χ0n) is 20.3. The van der Waals surface area contributed by atoms with Gasteiger partial charge in [-0.1, -0.05) is 78.3 Å². The number of amides is 1. The van der Waals surface area contributed by atoms with Gasteiger partial charge in [-0.15, -0.1) is 11.3 Å². The summed E-state index contributed by atoms with van der Waals surface area (Å²) in [6.45, 7) is 0. The van der Waals surface area contributed by atoms with Crippen LogP contribution in [0.1, 0.15) is 15.2 Å². The molecule has 0 unspecified atom stereocenters. The number of nitrogens with one attached hydrogen (secondary N) is 1. The Hall–Kier alpha value is -4.66. The predicted molar refractivity (Wildman–Crippen MR) is 152 cm³/mol. The van der Waals surface area contributed by atoms with E-state index in [1.54, 1.807) is 72.8 Å². The number of fused-ring (bicyclic) bond motifs is 1. The summed E-state index contributed by atoms with van der Waals surface area (Å²) in [5.41, 5.74) is 3.03. The molecule has 0 fully saturated rings. The van der Waals surface area contributed by atoms with E-state index in [-0.39, 0.29) is 0 Å². The van der Waals surface area contributed by atoms with Gasteiger partial charge < -0.3 is 14.2 Å². The van der Waals surface area contributed by atoms with Crippen LogP contribution in [0, 0.1) is 0 Å². The van der Waals surface area contributed by atoms with E-state index in [0.717, 1.165) is 10.1 Å². The number of esters is 1. The molecule has 7 nitrogen and oxygen atoms in total. The van der Waals surface area contributed by atoms with Gasteiger partial charge in [0, 0.05) is 10.1 Å². The summed E-state index contributed by atoms with van der Waals surface area (Å²) < 4.78 is 17.9. The number of carbonyl (C=O) groups excluding carboxylic acids is 2. The standard InChI is InChI=1S/C30H21ClN2O5S/c31-26-24-16-7-8-17-25(24)39-27(26)29(35)36-23-15-9-10-20(18-23)19-32-33-28(34)30(37-21-11-3-1-4-12-21)38-22-13-5-2-6-14-22/h1-19,30H,(H,33,34)/b32-19+. The lowest BCUT2D eigenvalue weighted by molar-refractivity contribution is -0.140. The van der Waals surface area contributed by atoms with E-state index in [2.05, 4.69) is 10.5 Å². The summed E-state index contributed by atoms with van der Waals surface area (Å²) in [5.74, 6) is 0.0710. The third kappa shape index (κ3) is 6.62. The average Bonchev–Trinajstić information content (AvgIpc) is 3.30.